The number of benzene rings is 1. The van der Waals surface area contributed by atoms with Crippen LogP contribution in [-0.2, 0) is 14.3 Å². The van der Waals surface area contributed by atoms with Crippen LogP contribution in [-0.4, -0.2) is 34.8 Å². The SMILES string of the molecule is COC(=O)CSc1nnc(N2C(N)=C(C#N)C(c3ccccc3Br)C3=C2CCCC3=O)s1. The van der Waals surface area contributed by atoms with Gasteiger partial charge in [-0.15, -0.1) is 10.2 Å². The second-order valence-electron chi connectivity index (χ2n) is 7.05. The summed E-state index contributed by atoms with van der Waals surface area (Å²) in [6, 6.07) is 9.77. The highest BCUT2D eigenvalue weighted by Crippen LogP contribution is 2.48. The standard InChI is InChI=1S/C21H18BrN5O3S2/c1-30-16(29)10-31-21-26-25-20(32-21)27-14-7-4-8-15(28)18(14)17(12(9-23)19(27)24)11-5-2-3-6-13(11)22/h2-3,5-6,17H,4,7-8,10,24H2,1H3. The number of ether oxygens (including phenoxy) is 1. The first-order valence-corrected chi connectivity index (χ1v) is 12.3. The Hall–Kier alpha value is -2.68. The number of nitriles is 1. The van der Waals surface area contributed by atoms with Crippen molar-refractivity contribution in [1.82, 2.24) is 10.2 Å². The van der Waals surface area contributed by atoms with Crippen molar-refractivity contribution >= 4 is 55.9 Å². The van der Waals surface area contributed by atoms with Crippen molar-refractivity contribution in [3.05, 3.63) is 57.0 Å². The molecule has 1 aromatic heterocycles. The third-order valence-electron chi connectivity index (χ3n) is 5.26. The molecule has 2 heterocycles. The third-order valence-corrected chi connectivity index (χ3v) is 8.00. The van der Waals surface area contributed by atoms with E-state index in [-0.39, 0.29) is 23.3 Å². The van der Waals surface area contributed by atoms with Gasteiger partial charge in [0, 0.05) is 22.2 Å². The van der Waals surface area contributed by atoms with Crippen LogP contribution in [0.25, 0.3) is 0 Å². The van der Waals surface area contributed by atoms with Crippen molar-refractivity contribution in [2.75, 3.05) is 17.8 Å². The average Bonchev–Trinajstić information content (AvgIpc) is 3.25. The molecule has 0 radical (unpaired) electrons. The van der Waals surface area contributed by atoms with Crippen molar-refractivity contribution < 1.29 is 14.3 Å². The van der Waals surface area contributed by atoms with Crippen molar-refractivity contribution in [2.45, 2.75) is 29.5 Å². The van der Waals surface area contributed by atoms with E-state index >= 15 is 0 Å². The zero-order valence-electron chi connectivity index (χ0n) is 17.0. The molecule has 32 heavy (non-hydrogen) atoms. The maximum Gasteiger partial charge on any atom is 0.316 e. The van der Waals surface area contributed by atoms with E-state index in [0.29, 0.717) is 39.9 Å². The number of allylic oxidation sites excluding steroid dienone is 3. The molecule has 4 rings (SSSR count). The zero-order valence-corrected chi connectivity index (χ0v) is 20.2. The molecule has 0 amide bonds. The molecule has 0 saturated carbocycles. The van der Waals surface area contributed by atoms with Crippen LogP contribution in [0.1, 0.15) is 30.7 Å². The van der Waals surface area contributed by atoms with E-state index in [1.807, 2.05) is 24.3 Å². The third kappa shape index (κ3) is 4.05. The number of ketones is 1. The molecular weight excluding hydrogens is 514 g/mol. The van der Waals surface area contributed by atoms with Gasteiger partial charge in [-0.3, -0.25) is 14.5 Å². The minimum atomic E-state index is -0.546. The Bertz CT molecular complexity index is 1200. The van der Waals surface area contributed by atoms with E-state index in [4.69, 9.17) is 5.73 Å². The van der Waals surface area contributed by atoms with Gasteiger partial charge in [-0.25, -0.2) is 0 Å². The molecule has 1 aliphatic heterocycles. The summed E-state index contributed by atoms with van der Waals surface area (Å²) in [6.07, 6.45) is 1.74. The topological polar surface area (TPSA) is 122 Å². The fraction of sp³-hybridized carbons (Fsp3) is 0.286. The van der Waals surface area contributed by atoms with Crippen LogP contribution in [0, 0.1) is 11.3 Å². The smallest absolute Gasteiger partial charge is 0.316 e. The summed E-state index contributed by atoms with van der Waals surface area (Å²) < 4.78 is 6.03. The van der Waals surface area contributed by atoms with E-state index in [9.17, 15) is 14.9 Å². The van der Waals surface area contributed by atoms with Gasteiger partial charge >= 0.3 is 5.97 Å². The minimum absolute atomic E-state index is 0.00191. The Balaban J connectivity index is 1.82. The number of rotatable bonds is 5. The van der Waals surface area contributed by atoms with Crippen LogP contribution in [0.5, 0.6) is 0 Å². The molecule has 0 fully saturated rings. The summed E-state index contributed by atoms with van der Waals surface area (Å²) in [7, 11) is 1.33. The second kappa shape index (κ2) is 9.44. The Kier molecular flexibility index (Phi) is 6.64. The molecule has 164 valence electrons. The molecule has 0 saturated heterocycles. The van der Waals surface area contributed by atoms with E-state index < -0.39 is 5.92 Å². The normalized spacial score (nSPS) is 18.5. The van der Waals surface area contributed by atoms with Crippen LogP contribution in [0.15, 0.2) is 55.7 Å². The number of halogens is 1. The summed E-state index contributed by atoms with van der Waals surface area (Å²) in [5.74, 6) is -0.564. The van der Waals surface area contributed by atoms with Gasteiger partial charge in [0.15, 0.2) is 10.1 Å². The number of carbonyl (C=O) groups excluding carboxylic acids is 2. The second-order valence-corrected chi connectivity index (χ2v) is 10.1. The summed E-state index contributed by atoms with van der Waals surface area (Å²) in [6.45, 7) is 0. The van der Waals surface area contributed by atoms with Gasteiger partial charge in [0.25, 0.3) is 0 Å². The van der Waals surface area contributed by atoms with Crippen LogP contribution in [0.2, 0.25) is 0 Å². The predicted octanol–water partition coefficient (Wildman–Crippen LogP) is 3.87. The zero-order chi connectivity index (χ0) is 22.8. The Morgan fingerprint density at radius 3 is 2.91 bits per heavy atom. The summed E-state index contributed by atoms with van der Waals surface area (Å²) in [5, 5.41) is 18.9. The van der Waals surface area contributed by atoms with Gasteiger partial charge in [0.1, 0.15) is 5.82 Å². The molecule has 1 atom stereocenters. The lowest BCUT2D eigenvalue weighted by Crippen LogP contribution is -2.38. The molecule has 2 aromatic rings. The summed E-state index contributed by atoms with van der Waals surface area (Å²) in [4.78, 5) is 26.2. The molecule has 1 unspecified atom stereocenters. The molecule has 11 heteroatoms. The molecule has 1 aromatic carbocycles. The van der Waals surface area contributed by atoms with Crippen molar-refractivity contribution in [3.63, 3.8) is 0 Å². The van der Waals surface area contributed by atoms with Gasteiger partial charge in [-0.2, -0.15) is 5.26 Å². The Morgan fingerprint density at radius 2 is 2.19 bits per heavy atom. The lowest BCUT2D eigenvalue weighted by molar-refractivity contribution is -0.137. The quantitative estimate of drug-likeness (QED) is 0.452. The first-order valence-electron chi connectivity index (χ1n) is 9.70. The minimum Gasteiger partial charge on any atom is -0.468 e. The maximum absolute atomic E-state index is 13.1. The lowest BCUT2D eigenvalue weighted by Gasteiger charge is -2.38. The largest absolute Gasteiger partial charge is 0.468 e. The Labute approximate surface area is 201 Å². The fourth-order valence-electron chi connectivity index (χ4n) is 3.86. The number of nitrogens with two attached hydrogens (primary N) is 1. The molecular formula is C21H18BrN5O3S2. The average molecular weight is 532 g/mol. The number of carbonyl (C=O) groups is 2. The first kappa shape index (κ1) is 22.5. The number of hydrogen-bond acceptors (Lipinski definition) is 10. The lowest BCUT2D eigenvalue weighted by atomic mass is 9.76. The van der Waals surface area contributed by atoms with Gasteiger partial charge < -0.3 is 10.5 Å². The van der Waals surface area contributed by atoms with Crippen molar-refractivity contribution in [3.8, 4) is 6.07 Å². The highest BCUT2D eigenvalue weighted by atomic mass is 79.9. The fourth-order valence-corrected chi connectivity index (χ4v) is 6.08. The number of Topliss-reactive ketones (excluding diaryl/α,β-unsaturated/α-hetero) is 1. The molecule has 0 spiro atoms. The monoisotopic (exact) mass is 531 g/mol. The van der Waals surface area contributed by atoms with Crippen LogP contribution < -0.4 is 10.6 Å². The van der Waals surface area contributed by atoms with Crippen molar-refractivity contribution in [1.29, 1.82) is 5.26 Å². The summed E-state index contributed by atoms with van der Waals surface area (Å²) in [5.41, 5.74) is 8.97. The van der Waals surface area contributed by atoms with Gasteiger partial charge in [0.05, 0.1) is 30.4 Å². The highest BCUT2D eigenvalue weighted by molar-refractivity contribution is 9.10. The van der Waals surface area contributed by atoms with E-state index in [1.54, 1.807) is 4.90 Å². The van der Waals surface area contributed by atoms with Crippen LogP contribution in [0.3, 0.4) is 0 Å². The van der Waals surface area contributed by atoms with E-state index in [0.717, 1.165) is 15.7 Å². The molecule has 2 aliphatic rings. The number of hydrogen-bond donors (Lipinski definition) is 1. The summed E-state index contributed by atoms with van der Waals surface area (Å²) >= 11 is 6.02. The number of aromatic nitrogens is 2. The number of nitrogens with zero attached hydrogens (tertiary/aromatic N) is 4. The van der Waals surface area contributed by atoms with Crippen LogP contribution in [0.4, 0.5) is 5.13 Å². The Morgan fingerprint density at radius 1 is 1.41 bits per heavy atom. The molecule has 1 aliphatic carbocycles. The van der Waals surface area contributed by atoms with Crippen molar-refractivity contribution in [2.24, 2.45) is 5.73 Å². The maximum atomic E-state index is 13.1. The molecule has 2 N–H and O–H groups in total. The number of anilines is 1. The van der Waals surface area contributed by atoms with Gasteiger partial charge in [0.2, 0.25) is 5.13 Å². The predicted molar refractivity (Wildman–Crippen MR) is 125 cm³/mol. The van der Waals surface area contributed by atoms with E-state index in [2.05, 4.69) is 36.9 Å². The van der Waals surface area contributed by atoms with Gasteiger partial charge in [-0.05, 0) is 24.5 Å². The van der Waals surface area contributed by atoms with Crippen LogP contribution >= 0.6 is 39.0 Å². The number of esters is 1. The first-order chi connectivity index (χ1) is 15.5. The van der Waals surface area contributed by atoms with Gasteiger partial charge in [-0.1, -0.05) is 57.2 Å². The molecule has 8 nitrogen and oxygen atoms in total. The highest BCUT2D eigenvalue weighted by Gasteiger charge is 2.41. The number of methoxy groups -OCH3 is 1. The van der Waals surface area contributed by atoms with E-state index in [1.165, 1.54) is 30.2 Å². The number of thioether (sulfide) groups is 1. The molecule has 0 bridgehead atoms.